The van der Waals surface area contributed by atoms with Crippen LogP contribution in [-0.2, 0) is 0 Å². The second-order valence-electron chi connectivity index (χ2n) is 2.39. The Labute approximate surface area is 89.3 Å². The average molecular weight is 225 g/mol. The van der Waals surface area contributed by atoms with Crippen LogP contribution >= 0.6 is 22.9 Å². The van der Waals surface area contributed by atoms with Gasteiger partial charge in [-0.2, -0.15) is 0 Å². The largest absolute Gasteiger partial charge is 0.244 e. The molecule has 14 heavy (non-hydrogen) atoms. The molecule has 2 aromatic heterocycles. The molecule has 0 amide bonds. The molecular weight excluding hydrogens is 220 g/mol. The van der Waals surface area contributed by atoms with Crippen molar-refractivity contribution in [1.82, 2.24) is 20.2 Å². The van der Waals surface area contributed by atoms with Gasteiger partial charge in [0.1, 0.15) is 16.8 Å². The lowest BCUT2D eigenvalue weighted by atomic mass is 10.2. The Morgan fingerprint density at radius 3 is 2.71 bits per heavy atom. The number of rotatable bonds is 2. The molecular formula is C8H5ClN4S. The van der Waals surface area contributed by atoms with E-state index in [-0.39, 0.29) is 0 Å². The lowest BCUT2D eigenvalue weighted by molar-refractivity contribution is 1.07. The monoisotopic (exact) mass is 224 g/mol. The fourth-order valence-corrected chi connectivity index (χ4v) is 1.85. The van der Waals surface area contributed by atoms with Crippen LogP contribution in [-0.4, -0.2) is 20.2 Å². The van der Waals surface area contributed by atoms with E-state index >= 15 is 0 Å². The fraction of sp³-hybridized carbons (Fsp3) is 0. The van der Waals surface area contributed by atoms with E-state index in [1.165, 1.54) is 23.2 Å². The molecule has 0 N–H and O–H groups in total. The molecule has 0 aliphatic rings. The predicted molar refractivity (Wildman–Crippen MR) is 54.9 cm³/mol. The average Bonchev–Trinajstić information content (AvgIpc) is 2.74. The molecule has 6 heteroatoms. The van der Waals surface area contributed by atoms with Crippen molar-refractivity contribution in [1.29, 1.82) is 0 Å². The van der Waals surface area contributed by atoms with Crippen LogP contribution in [0.15, 0.2) is 29.8 Å². The van der Waals surface area contributed by atoms with E-state index in [1.807, 2.05) is 0 Å². The highest BCUT2D eigenvalue weighted by Crippen LogP contribution is 2.23. The Bertz CT molecular complexity index is 426. The molecule has 0 aliphatic carbocycles. The van der Waals surface area contributed by atoms with Gasteiger partial charge in [-0.1, -0.05) is 22.9 Å². The lowest BCUT2D eigenvalue weighted by Crippen LogP contribution is -1.89. The summed E-state index contributed by atoms with van der Waals surface area (Å²) in [6, 6.07) is 0. The molecule has 0 spiro atoms. The first-order chi connectivity index (χ1) is 6.92. The van der Waals surface area contributed by atoms with Crippen LogP contribution in [0.4, 0.5) is 0 Å². The van der Waals surface area contributed by atoms with E-state index in [1.54, 1.807) is 17.9 Å². The second-order valence-corrected chi connectivity index (χ2v) is 3.45. The maximum atomic E-state index is 5.71. The van der Waals surface area contributed by atoms with Gasteiger partial charge in [-0.15, -0.1) is 10.2 Å². The van der Waals surface area contributed by atoms with E-state index in [2.05, 4.69) is 20.2 Å². The molecule has 0 saturated heterocycles. The summed E-state index contributed by atoms with van der Waals surface area (Å²) >= 11 is 7.13. The summed E-state index contributed by atoms with van der Waals surface area (Å²) in [5, 5.41) is 8.43. The summed E-state index contributed by atoms with van der Waals surface area (Å²) in [5.74, 6) is 0. The number of nitrogens with zero attached hydrogens (tertiary/aromatic N) is 4. The number of hydrogen-bond acceptors (Lipinski definition) is 5. The van der Waals surface area contributed by atoms with E-state index < -0.39 is 0 Å². The lowest BCUT2D eigenvalue weighted by Gasteiger charge is -1.99. The maximum absolute atomic E-state index is 5.71. The van der Waals surface area contributed by atoms with Crippen molar-refractivity contribution >= 4 is 28.5 Å². The van der Waals surface area contributed by atoms with Crippen LogP contribution in [0.3, 0.4) is 0 Å². The third kappa shape index (κ3) is 1.78. The van der Waals surface area contributed by atoms with Gasteiger partial charge in [-0.25, -0.2) is 9.97 Å². The highest BCUT2D eigenvalue weighted by Gasteiger charge is 2.07. The zero-order valence-corrected chi connectivity index (χ0v) is 8.53. The smallest absolute Gasteiger partial charge is 0.149 e. The van der Waals surface area contributed by atoms with Crippen molar-refractivity contribution < 1.29 is 0 Å². The Balaban J connectivity index is 2.43. The van der Waals surface area contributed by atoms with Crippen LogP contribution in [0, 0.1) is 0 Å². The van der Waals surface area contributed by atoms with Gasteiger partial charge in [0.05, 0.1) is 0 Å². The summed E-state index contributed by atoms with van der Waals surface area (Å²) in [6.45, 7) is 0. The Hall–Kier alpha value is -1.33. The topological polar surface area (TPSA) is 51.6 Å². The van der Waals surface area contributed by atoms with Crippen LogP contribution < -0.4 is 0 Å². The van der Waals surface area contributed by atoms with E-state index in [9.17, 15) is 0 Å². The van der Waals surface area contributed by atoms with E-state index in [0.717, 1.165) is 16.1 Å². The second kappa shape index (κ2) is 4.26. The minimum Gasteiger partial charge on any atom is -0.244 e. The molecule has 2 heterocycles. The van der Waals surface area contributed by atoms with Crippen molar-refractivity contribution in [2.45, 2.75) is 0 Å². The number of halogens is 1. The summed E-state index contributed by atoms with van der Waals surface area (Å²) in [4.78, 5) is 7.82. The zero-order chi connectivity index (χ0) is 9.80. The third-order valence-corrected chi connectivity index (χ3v) is 2.51. The molecule has 4 nitrogen and oxygen atoms in total. The van der Waals surface area contributed by atoms with Gasteiger partial charge in [0.2, 0.25) is 0 Å². The van der Waals surface area contributed by atoms with Gasteiger partial charge in [0.15, 0.2) is 0 Å². The molecule has 0 saturated carbocycles. The maximum Gasteiger partial charge on any atom is 0.149 e. The standard InChI is InChI=1S/C8H5ClN4S/c9-1-7(8-13-12-5-14-8)6-2-10-4-11-3-6/h1-5H/b7-1+. The molecule has 0 aliphatic heterocycles. The molecule has 2 aromatic rings. The van der Waals surface area contributed by atoms with Crippen LogP contribution in [0.2, 0.25) is 0 Å². The SMILES string of the molecule is Cl/C=C(\c1cncnc1)c1nncs1. The van der Waals surface area contributed by atoms with Crippen LogP contribution in [0.5, 0.6) is 0 Å². The minimum atomic E-state index is 0.759. The highest BCUT2D eigenvalue weighted by atomic mass is 35.5. The van der Waals surface area contributed by atoms with E-state index in [0.29, 0.717) is 0 Å². The predicted octanol–water partition coefficient (Wildman–Crippen LogP) is 1.96. The van der Waals surface area contributed by atoms with Gasteiger partial charge in [0, 0.05) is 29.1 Å². The molecule has 0 fully saturated rings. The van der Waals surface area contributed by atoms with Gasteiger partial charge < -0.3 is 0 Å². The molecule has 0 aromatic carbocycles. The first kappa shape index (κ1) is 9.23. The van der Waals surface area contributed by atoms with Crippen LogP contribution in [0.1, 0.15) is 10.6 Å². The Kier molecular flexibility index (Phi) is 2.81. The van der Waals surface area contributed by atoms with Crippen molar-refractivity contribution in [3.05, 3.63) is 40.3 Å². The van der Waals surface area contributed by atoms with Gasteiger partial charge in [-0.05, 0) is 0 Å². The van der Waals surface area contributed by atoms with Crippen molar-refractivity contribution in [2.24, 2.45) is 0 Å². The van der Waals surface area contributed by atoms with Gasteiger partial charge >= 0.3 is 0 Å². The molecule has 0 atom stereocenters. The number of hydrogen-bond donors (Lipinski definition) is 0. The summed E-state index contributed by atoms with van der Waals surface area (Å²) in [5.41, 5.74) is 4.73. The first-order valence-electron chi connectivity index (χ1n) is 3.74. The van der Waals surface area contributed by atoms with Crippen molar-refractivity contribution in [3.63, 3.8) is 0 Å². The van der Waals surface area contributed by atoms with Gasteiger partial charge in [-0.3, -0.25) is 0 Å². The Morgan fingerprint density at radius 1 is 1.36 bits per heavy atom. The van der Waals surface area contributed by atoms with Crippen molar-refractivity contribution in [3.8, 4) is 0 Å². The molecule has 0 radical (unpaired) electrons. The van der Waals surface area contributed by atoms with E-state index in [4.69, 9.17) is 11.6 Å². The summed E-state index contributed by atoms with van der Waals surface area (Å²) in [6.07, 6.45) is 4.83. The van der Waals surface area contributed by atoms with Gasteiger partial charge in [0.25, 0.3) is 0 Å². The Morgan fingerprint density at radius 2 is 2.14 bits per heavy atom. The summed E-state index contributed by atoms with van der Waals surface area (Å²) in [7, 11) is 0. The van der Waals surface area contributed by atoms with Crippen LogP contribution in [0.25, 0.3) is 5.57 Å². The van der Waals surface area contributed by atoms with Crippen molar-refractivity contribution in [2.75, 3.05) is 0 Å². The molecule has 0 unspecified atom stereocenters. The fourth-order valence-electron chi connectivity index (χ4n) is 0.962. The minimum absolute atomic E-state index is 0.759. The normalized spacial score (nSPS) is 11.6. The summed E-state index contributed by atoms with van der Waals surface area (Å²) < 4.78 is 0. The molecule has 0 bridgehead atoms. The third-order valence-electron chi connectivity index (χ3n) is 1.57. The highest BCUT2D eigenvalue weighted by molar-refractivity contribution is 7.10. The molecule has 2 rings (SSSR count). The molecule has 70 valence electrons. The first-order valence-corrected chi connectivity index (χ1v) is 5.05. The number of aromatic nitrogens is 4. The zero-order valence-electron chi connectivity index (χ0n) is 6.96. The quantitative estimate of drug-likeness (QED) is 0.783.